The van der Waals surface area contributed by atoms with Crippen LogP contribution in [-0.2, 0) is 9.53 Å². The molecule has 0 saturated carbocycles. The van der Waals surface area contributed by atoms with Crippen LogP contribution in [0.1, 0.15) is 18.1 Å². The lowest BCUT2D eigenvalue weighted by Crippen LogP contribution is -2.10. The summed E-state index contributed by atoms with van der Waals surface area (Å²) < 4.78 is 45.5. The third-order valence-corrected chi connectivity index (χ3v) is 4.07. The zero-order valence-corrected chi connectivity index (χ0v) is 16.2. The summed E-state index contributed by atoms with van der Waals surface area (Å²) in [6.45, 7) is -0.831. The van der Waals surface area contributed by atoms with Crippen LogP contribution in [0.4, 0.5) is 8.78 Å². The van der Waals surface area contributed by atoms with E-state index in [-0.39, 0.29) is 27.9 Å². The second-order valence-corrected chi connectivity index (χ2v) is 6.09. The van der Waals surface area contributed by atoms with Gasteiger partial charge >= 0.3 is 12.6 Å². The molecule has 1 aliphatic rings. The molecule has 0 saturated heterocycles. The molecule has 9 heteroatoms. The first-order valence-electron chi connectivity index (χ1n) is 8.50. The molecule has 2 aromatic rings. The van der Waals surface area contributed by atoms with Gasteiger partial charge in [-0.1, -0.05) is 23.7 Å². The van der Waals surface area contributed by atoms with E-state index in [4.69, 9.17) is 25.8 Å². The van der Waals surface area contributed by atoms with Crippen molar-refractivity contribution >= 4 is 29.5 Å². The summed E-state index contributed by atoms with van der Waals surface area (Å²) in [4.78, 5) is 16.3. The van der Waals surface area contributed by atoms with E-state index in [2.05, 4.69) is 9.73 Å². The molecule has 29 heavy (non-hydrogen) atoms. The number of esters is 1. The van der Waals surface area contributed by atoms with E-state index in [1.54, 1.807) is 18.2 Å². The minimum absolute atomic E-state index is 0.0319. The Morgan fingerprint density at radius 2 is 2.00 bits per heavy atom. The summed E-state index contributed by atoms with van der Waals surface area (Å²) in [6.07, 6.45) is 1.44. The number of hydrogen-bond acceptors (Lipinski definition) is 6. The number of nitrogens with zero attached hydrogens (tertiary/aromatic N) is 1. The molecular formula is C20H16ClF2NO5. The van der Waals surface area contributed by atoms with Crippen LogP contribution >= 0.6 is 11.6 Å². The summed E-state index contributed by atoms with van der Waals surface area (Å²) in [5, 5.41) is 0.288. The third-order valence-electron chi connectivity index (χ3n) is 3.79. The molecule has 0 bridgehead atoms. The number of alkyl halides is 2. The minimum atomic E-state index is -3.03. The maximum atomic E-state index is 12.6. The molecule has 0 aromatic heterocycles. The SMILES string of the molecule is CCOc1cc(/C=C2\N=C(c3ccccc3OC(F)F)OC2=O)cc(Cl)c1OC. The molecular weight excluding hydrogens is 408 g/mol. The van der Waals surface area contributed by atoms with E-state index >= 15 is 0 Å². The quantitative estimate of drug-likeness (QED) is 0.477. The highest BCUT2D eigenvalue weighted by atomic mass is 35.5. The molecule has 6 nitrogen and oxygen atoms in total. The lowest BCUT2D eigenvalue weighted by Gasteiger charge is -2.11. The molecule has 0 radical (unpaired) electrons. The van der Waals surface area contributed by atoms with E-state index in [1.807, 2.05) is 6.92 Å². The molecule has 0 spiro atoms. The number of benzene rings is 2. The van der Waals surface area contributed by atoms with Crippen molar-refractivity contribution in [1.29, 1.82) is 0 Å². The van der Waals surface area contributed by atoms with Crippen molar-refractivity contribution in [2.75, 3.05) is 13.7 Å². The average Bonchev–Trinajstić information content (AvgIpc) is 3.02. The predicted molar refractivity (Wildman–Crippen MR) is 103 cm³/mol. The molecule has 0 N–H and O–H groups in total. The third kappa shape index (κ3) is 4.65. The number of ether oxygens (including phenoxy) is 4. The van der Waals surface area contributed by atoms with E-state index in [0.717, 1.165) is 0 Å². The van der Waals surface area contributed by atoms with Gasteiger partial charge in [0.1, 0.15) is 5.75 Å². The Bertz CT molecular complexity index is 991. The van der Waals surface area contributed by atoms with Gasteiger partial charge in [0.05, 0.1) is 24.3 Å². The Morgan fingerprint density at radius 1 is 1.24 bits per heavy atom. The number of halogens is 3. The zero-order chi connectivity index (χ0) is 21.0. The first kappa shape index (κ1) is 20.6. The van der Waals surface area contributed by atoms with Crippen molar-refractivity contribution in [3.63, 3.8) is 0 Å². The Balaban J connectivity index is 1.98. The Labute approximate surface area is 170 Å². The Kier molecular flexibility index (Phi) is 6.33. The van der Waals surface area contributed by atoms with Crippen molar-refractivity contribution in [1.82, 2.24) is 0 Å². The summed E-state index contributed by atoms with van der Waals surface area (Å²) in [7, 11) is 1.46. The minimum Gasteiger partial charge on any atom is -0.491 e. The van der Waals surface area contributed by atoms with E-state index in [9.17, 15) is 13.6 Å². The standard InChI is InChI=1S/C20H16ClF2NO5/c1-3-27-16-10-11(8-13(21)17(16)26-2)9-14-19(25)29-18(24-14)12-6-4-5-7-15(12)28-20(22)23/h4-10,20H,3H2,1-2H3/b14-9-. The molecule has 0 aliphatic carbocycles. The molecule has 1 heterocycles. The summed E-state index contributed by atoms with van der Waals surface area (Å²) >= 11 is 6.21. The average molecular weight is 424 g/mol. The van der Waals surface area contributed by atoms with Gasteiger partial charge in [-0.05, 0) is 42.8 Å². The number of cyclic esters (lactones) is 1. The number of rotatable bonds is 7. The van der Waals surface area contributed by atoms with Crippen molar-refractivity contribution in [3.8, 4) is 17.2 Å². The molecule has 152 valence electrons. The number of hydrogen-bond donors (Lipinski definition) is 0. The predicted octanol–water partition coefficient (Wildman–Crippen LogP) is 4.69. The first-order chi connectivity index (χ1) is 13.9. The van der Waals surface area contributed by atoms with Crippen LogP contribution in [0.2, 0.25) is 5.02 Å². The van der Waals surface area contributed by atoms with Crippen molar-refractivity contribution in [3.05, 3.63) is 58.2 Å². The van der Waals surface area contributed by atoms with Crippen LogP contribution in [0.5, 0.6) is 17.2 Å². The van der Waals surface area contributed by atoms with E-state index < -0.39 is 12.6 Å². The monoisotopic (exact) mass is 423 g/mol. The van der Waals surface area contributed by atoms with Gasteiger partial charge in [0, 0.05) is 0 Å². The lowest BCUT2D eigenvalue weighted by molar-refractivity contribution is -0.129. The van der Waals surface area contributed by atoms with Gasteiger partial charge < -0.3 is 18.9 Å². The summed E-state index contributed by atoms with van der Waals surface area (Å²) in [5.74, 6) is -0.257. The van der Waals surface area contributed by atoms with Crippen LogP contribution in [0.15, 0.2) is 47.1 Å². The van der Waals surface area contributed by atoms with Gasteiger partial charge in [-0.15, -0.1) is 0 Å². The van der Waals surface area contributed by atoms with Crippen LogP contribution in [0.3, 0.4) is 0 Å². The maximum Gasteiger partial charge on any atom is 0.387 e. The topological polar surface area (TPSA) is 66.3 Å². The van der Waals surface area contributed by atoms with Gasteiger partial charge in [-0.25, -0.2) is 9.79 Å². The first-order valence-corrected chi connectivity index (χ1v) is 8.87. The molecule has 0 atom stereocenters. The van der Waals surface area contributed by atoms with E-state index in [0.29, 0.717) is 23.7 Å². The fourth-order valence-electron chi connectivity index (χ4n) is 2.66. The molecule has 0 fully saturated rings. The number of aliphatic imine (C=N–C) groups is 1. The lowest BCUT2D eigenvalue weighted by atomic mass is 10.1. The largest absolute Gasteiger partial charge is 0.491 e. The number of para-hydroxylation sites is 1. The highest BCUT2D eigenvalue weighted by Crippen LogP contribution is 2.37. The van der Waals surface area contributed by atoms with Crippen molar-refractivity contribution in [2.24, 2.45) is 4.99 Å². The van der Waals surface area contributed by atoms with Gasteiger partial charge in [0.15, 0.2) is 17.2 Å². The normalized spacial score (nSPS) is 14.8. The molecule has 0 amide bonds. The van der Waals surface area contributed by atoms with Crippen LogP contribution in [0.25, 0.3) is 6.08 Å². The fraction of sp³-hybridized carbons (Fsp3) is 0.200. The molecule has 0 unspecified atom stereocenters. The Hall–Kier alpha value is -3.13. The Morgan fingerprint density at radius 3 is 2.69 bits per heavy atom. The molecule has 2 aromatic carbocycles. The second kappa shape index (κ2) is 8.91. The zero-order valence-electron chi connectivity index (χ0n) is 15.4. The van der Waals surface area contributed by atoms with Crippen LogP contribution in [0, 0.1) is 0 Å². The van der Waals surface area contributed by atoms with Crippen molar-refractivity contribution < 1.29 is 32.5 Å². The summed E-state index contributed by atoms with van der Waals surface area (Å²) in [5.41, 5.74) is 0.621. The van der Waals surface area contributed by atoms with E-state index in [1.165, 1.54) is 31.4 Å². The fourth-order valence-corrected chi connectivity index (χ4v) is 2.95. The number of methoxy groups -OCH3 is 1. The number of carbonyl (C=O) groups is 1. The molecule has 3 rings (SSSR count). The smallest absolute Gasteiger partial charge is 0.387 e. The molecule has 1 aliphatic heterocycles. The van der Waals surface area contributed by atoms with Gasteiger partial charge in [0.25, 0.3) is 0 Å². The van der Waals surface area contributed by atoms with Crippen molar-refractivity contribution in [2.45, 2.75) is 13.5 Å². The van der Waals surface area contributed by atoms with Crippen LogP contribution in [-0.4, -0.2) is 32.2 Å². The highest BCUT2D eigenvalue weighted by molar-refractivity contribution is 6.32. The number of carbonyl (C=O) groups excluding carboxylic acids is 1. The van der Waals surface area contributed by atoms with Gasteiger partial charge in [-0.3, -0.25) is 0 Å². The maximum absolute atomic E-state index is 12.6. The second-order valence-electron chi connectivity index (χ2n) is 5.68. The van der Waals surface area contributed by atoms with Gasteiger partial charge in [-0.2, -0.15) is 8.78 Å². The van der Waals surface area contributed by atoms with Gasteiger partial charge in [0.2, 0.25) is 5.90 Å². The van der Waals surface area contributed by atoms with Crippen LogP contribution < -0.4 is 14.2 Å². The highest BCUT2D eigenvalue weighted by Gasteiger charge is 2.27. The summed E-state index contributed by atoms with van der Waals surface area (Å²) in [6, 6.07) is 9.11.